The molecule has 4 heteroatoms. The molecular formula is C17H33BrO2Si. The first kappa shape index (κ1) is 19.4. The lowest BCUT2D eigenvalue weighted by Crippen LogP contribution is -2.49. The van der Waals surface area contributed by atoms with E-state index in [0.717, 1.165) is 19.4 Å². The number of hydrogen-bond donors (Lipinski definition) is 0. The van der Waals surface area contributed by atoms with Crippen molar-refractivity contribution >= 4 is 30.0 Å². The molecule has 0 aromatic heterocycles. The highest BCUT2D eigenvalue weighted by atomic mass is 79.9. The van der Waals surface area contributed by atoms with E-state index in [1.54, 1.807) is 0 Å². The molecule has 21 heavy (non-hydrogen) atoms. The number of carbonyl (C=O) groups excluding carboxylic acids is 1. The smallest absolute Gasteiger partial charge is 0.200 e. The van der Waals surface area contributed by atoms with E-state index in [1.165, 1.54) is 0 Å². The lowest BCUT2D eigenvalue weighted by Gasteiger charge is -2.43. The topological polar surface area (TPSA) is 26.3 Å². The van der Waals surface area contributed by atoms with Gasteiger partial charge in [-0.15, -0.1) is 0 Å². The molecule has 0 heterocycles. The van der Waals surface area contributed by atoms with Gasteiger partial charge in [-0.1, -0.05) is 64.4 Å². The number of hydrogen-bond acceptors (Lipinski definition) is 2. The lowest BCUT2D eigenvalue weighted by molar-refractivity contribution is -0.117. The summed E-state index contributed by atoms with van der Waals surface area (Å²) in [5.74, 6) is 1.26. The second-order valence-electron chi connectivity index (χ2n) is 7.68. The fourth-order valence-electron chi connectivity index (χ4n) is 4.30. The van der Waals surface area contributed by atoms with Crippen LogP contribution >= 0.6 is 15.9 Å². The first-order valence-corrected chi connectivity index (χ1v) is 11.5. The van der Waals surface area contributed by atoms with Gasteiger partial charge in [-0.3, -0.25) is 4.79 Å². The zero-order valence-corrected chi connectivity index (χ0v) is 17.4. The number of carbonyl (C=O) groups is 1. The molecule has 0 spiro atoms. The highest BCUT2D eigenvalue weighted by molar-refractivity contribution is 9.10. The standard InChI is InChI=1S/C17H33BrO2Si/c1-11(2)21(12(3)4,13(5)6)20-10-14(7)15-8-9-16(19)17(15)18/h11-15,17H,8-10H2,1-7H3/t14-,15-,17?/m0/s1. The van der Waals surface area contributed by atoms with Crippen LogP contribution in [0, 0.1) is 11.8 Å². The fraction of sp³-hybridized carbons (Fsp3) is 0.941. The van der Waals surface area contributed by atoms with Crippen LogP contribution in [-0.2, 0) is 9.22 Å². The van der Waals surface area contributed by atoms with Gasteiger partial charge in [0.15, 0.2) is 8.32 Å². The van der Waals surface area contributed by atoms with Crippen molar-refractivity contribution in [3.8, 4) is 0 Å². The number of rotatable bonds is 7. The Hall–Kier alpha value is 0.327. The molecule has 0 radical (unpaired) electrons. The molecule has 2 nitrogen and oxygen atoms in total. The van der Waals surface area contributed by atoms with Crippen LogP contribution in [0.3, 0.4) is 0 Å². The molecule has 0 saturated heterocycles. The molecule has 1 aliphatic rings. The molecule has 0 N–H and O–H groups in total. The van der Waals surface area contributed by atoms with Crippen molar-refractivity contribution in [1.82, 2.24) is 0 Å². The molecule has 1 aliphatic carbocycles. The summed E-state index contributed by atoms with van der Waals surface area (Å²) < 4.78 is 6.68. The highest BCUT2D eigenvalue weighted by Gasteiger charge is 2.46. The van der Waals surface area contributed by atoms with Crippen LogP contribution < -0.4 is 0 Å². The third kappa shape index (κ3) is 4.00. The molecule has 124 valence electrons. The van der Waals surface area contributed by atoms with Crippen LogP contribution in [0.2, 0.25) is 16.6 Å². The monoisotopic (exact) mass is 376 g/mol. The van der Waals surface area contributed by atoms with Gasteiger partial charge in [0.05, 0.1) is 4.83 Å². The normalized spacial score (nSPS) is 25.4. The van der Waals surface area contributed by atoms with E-state index < -0.39 is 8.32 Å². The second-order valence-corrected chi connectivity index (χ2v) is 14.1. The van der Waals surface area contributed by atoms with E-state index in [9.17, 15) is 4.79 Å². The average Bonchev–Trinajstić information content (AvgIpc) is 2.69. The molecule has 0 amide bonds. The minimum Gasteiger partial charge on any atom is -0.416 e. The van der Waals surface area contributed by atoms with Crippen LogP contribution in [0.1, 0.15) is 61.3 Å². The minimum absolute atomic E-state index is 0.0457. The van der Waals surface area contributed by atoms with Gasteiger partial charge in [-0.2, -0.15) is 0 Å². The van der Waals surface area contributed by atoms with E-state index in [2.05, 4.69) is 64.4 Å². The Morgan fingerprint density at radius 1 is 1.10 bits per heavy atom. The van der Waals surface area contributed by atoms with Crippen molar-refractivity contribution in [1.29, 1.82) is 0 Å². The van der Waals surface area contributed by atoms with Gasteiger partial charge >= 0.3 is 0 Å². The van der Waals surface area contributed by atoms with Crippen molar-refractivity contribution in [2.24, 2.45) is 11.8 Å². The molecule has 0 aromatic carbocycles. The summed E-state index contributed by atoms with van der Waals surface area (Å²) in [4.78, 5) is 11.8. The largest absolute Gasteiger partial charge is 0.416 e. The first-order valence-electron chi connectivity index (χ1n) is 8.45. The number of ketones is 1. The van der Waals surface area contributed by atoms with E-state index >= 15 is 0 Å². The maximum absolute atomic E-state index is 11.7. The quantitative estimate of drug-likeness (QED) is 0.429. The van der Waals surface area contributed by atoms with E-state index in [-0.39, 0.29) is 4.83 Å². The Balaban J connectivity index is 2.75. The fourth-order valence-corrected chi connectivity index (χ4v) is 10.9. The predicted octanol–water partition coefficient (Wildman–Crippen LogP) is 5.56. The summed E-state index contributed by atoms with van der Waals surface area (Å²) in [6.45, 7) is 17.0. The van der Waals surface area contributed by atoms with Crippen molar-refractivity contribution in [2.75, 3.05) is 6.61 Å². The summed E-state index contributed by atoms with van der Waals surface area (Å²) in [7, 11) is -1.78. The first-order chi connectivity index (χ1) is 9.64. The van der Waals surface area contributed by atoms with E-state index in [4.69, 9.17) is 4.43 Å². The third-order valence-corrected chi connectivity index (χ3v) is 12.7. The van der Waals surface area contributed by atoms with Crippen molar-refractivity contribution in [2.45, 2.75) is 82.8 Å². The summed E-state index contributed by atoms with van der Waals surface area (Å²) in [6.07, 6.45) is 1.74. The number of Topliss-reactive ketones (excluding diaryl/α,β-unsaturated/α-hetero) is 1. The minimum atomic E-state index is -1.78. The molecule has 1 unspecified atom stereocenters. The molecule has 3 atom stereocenters. The Morgan fingerprint density at radius 2 is 1.57 bits per heavy atom. The zero-order chi connectivity index (χ0) is 16.4. The summed E-state index contributed by atoms with van der Waals surface area (Å²) in [6, 6.07) is 0. The second kappa shape index (κ2) is 7.74. The van der Waals surface area contributed by atoms with Gasteiger partial charge in [0, 0.05) is 13.0 Å². The van der Waals surface area contributed by atoms with Crippen molar-refractivity contribution in [3.63, 3.8) is 0 Å². The van der Waals surface area contributed by atoms with Gasteiger partial charge in [-0.05, 0) is 34.9 Å². The maximum atomic E-state index is 11.7. The Bertz CT molecular complexity index is 333. The zero-order valence-electron chi connectivity index (χ0n) is 14.8. The predicted molar refractivity (Wildman–Crippen MR) is 96.6 cm³/mol. The maximum Gasteiger partial charge on any atom is 0.200 e. The van der Waals surface area contributed by atoms with Crippen molar-refractivity contribution in [3.05, 3.63) is 0 Å². The summed E-state index contributed by atoms with van der Waals surface area (Å²) in [5, 5.41) is 0. The number of alkyl halides is 1. The van der Waals surface area contributed by atoms with Crippen LogP contribution in [0.4, 0.5) is 0 Å². The molecule has 1 fully saturated rings. The average molecular weight is 377 g/mol. The SMILES string of the molecule is CC(C)[Si](OC[C@H](C)[C@@H]1CCC(=O)C1Br)(C(C)C)C(C)C. The van der Waals surface area contributed by atoms with E-state index in [1.807, 2.05) is 0 Å². The van der Waals surface area contributed by atoms with Crippen molar-refractivity contribution < 1.29 is 9.22 Å². The van der Waals surface area contributed by atoms with Crippen LogP contribution in [0.25, 0.3) is 0 Å². The summed E-state index contributed by atoms with van der Waals surface area (Å²) in [5.41, 5.74) is 1.86. The molecule has 1 rings (SSSR count). The molecule has 0 bridgehead atoms. The molecular weight excluding hydrogens is 344 g/mol. The van der Waals surface area contributed by atoms with Gasteiger partial charge in [0.25, 0.3) is 0 Å². The number of halogens is 1. The van der Waals surface area contributed by atoms with Gasteiger partial charge in [0.2, 0.25) is 0 Å². The molecule has 0 aromatic rings. The highest BCUT2D eigenvalue weighted by Crippen LogP contribution is 2.43. The van der Waals surface area contributed by atoms with Gasteiger partial charge in [-0.25, -0.2) is 0 Å². The van der Waals surface area contributed by atoms with Crippen LogP contribution in [0.5, 0.6) is 0 Å². The molecule has 0 aliphatic heterocycles. The lowest BCUT2D eigenvalue weighted by atomic mass is 9.93. The molecule has 1 saturated carbocycles. The van der Waals surface area contributed by atoms with Gasteiger partial charge < -0.3 is 4.43 Å². The Morgan fingerprint density at radius 3 is 1.90 bits per heavy atom. The third-order valence-electron chi connectivity index (χ3n) is 5.44. The van der Waals surface area contributed by atoms with Crippen LogP contribution in [0.15, 0.2) is 0 Å². The van der Waals surface area contributed by atoms with Gasteiger partial charge in [0.1, 0.15) is 5.78 Å². The Labute approximate surface area is 140 Å². The summed E-state index contributed by atoms with van der Waals surface area (Å²) >= 11 is 3.58. The van der Waals surface area contributed by atoms with Crippen LogP contribution in [-0.4, -0.2) is 25.5 Å². The Kier molecular flexibility index (Phi) is 7.14. The van der Waals surface area contributed by atoms with E-state index in [0.29, 0.717) is 34.2 Å².